The zero-order valence-electron chi connectivity index (χ0n) is 12.4. The fraction of sp³-hybridized carbons (Fsp3) is 0.625. The predicted octanol–water partition coefficient (Wildman–Crippen LogP) is 2.31. The van der Waals surface area contributed by atoms with Gasteiger partial charge in [-0.25, -0.2) is 8.42 Å². The van der Waals surface area contributed by atoms with Crippen LogP contribution in [0.15, 0.2) is 24.3 Å². The van der Waals surface area contributed by atoms with E-state index in [-0.39, 0.29) is 12.0 Å². The van der Waals surface area contributed by atoms with E-state index >= 15 is 0 Å². The summed E-state index contributed by atoms with van der Waals surface area (Å²) in [4.78, 5) is 0. The van der Waals surface area contributed by atoms with E-state index in [4.69, 9.17) is 4.74 Å². The van der Waals surface area contributed by atoms with E-state index in [9.17, 15) is 8.42 Å². The first-order valence-electron chi connectivity index (χ1n) is 7.78. The van der Waals surface area contributed by atoms with Crippen LogP contribution in [0, 0.1) is 5.92 Å². The highest BCUT2D eigenvalue weighted by molar-refractivity contribution is 7.91. The molecule has 4 nitrogen and oxygen atoms in total. The van der Waals surface area contributed by atoms with Crippen LogP contribution in [-0.4, -0.2) is 32.6 Å². The van der Waals surface area contributed by atoms with Crippen LogP contribution in [0.1, 0.15) is 37.8 Å². The standard InChI is InChI=1S/C16H23NO3S/c1-2-17-16(13-9-10-21(18,19)11-13)12-3-5-14(6-4-12)20-15-7-8-15/h3-6,13,15-17H,2,7-11H2,1H3. The lowest BCUT2D eigenvalue weighted by atomic mass is 9.92. The Balaban J connectivity index is 1.73. The van der Waals surface area contributed by atoms with Gasteiger partial charge in [0.25, 0.3) is 0 Å². The highest BCUT2D eigenvalue weighted by Gasteiger charge is 2.34. The van der Waals surface area contributed by atoms with Crippen molar-refractivity contribution in [2.45, 2.75) is 38.3 Å². The number of nitrogens with one attached hydrogen (secondary N) is 1. The largest absolute Gasteiger partial charge is 0.490 e. The summed E-state index contributed by atoms with van der Waals surface area (Å²) in [6.45, 7) is 2.89. The summed E-state index contributed by atoms with van der Waals surface area (Å²) in [6, 6.07) is 8.25. The monoisotopic (exact) mass is 309 g/mol. The molecular formula is C16H23NO3S. The van der Waals surface area contributed by atoms with E-state index in [2.05, 4.69) is 24.4 Å². The van der Waals surface area contributed by atoms with Crippen LogP contribution in [0.2, 0.25) is 0 Å². The minimum absolute atomic E-state index is 0.113. The number of rotatable bonds is 6. The van der Waals surface area contributed by atoms with Gasteiger partial charge < -0.3 is 10.1 Å². The van der Waals surface area contributed by atoms with Crippen molar-refractivity contribution in [1.82, 2.24) is 5.32 Å². The maximum atomic E-state index is 11.7. The third kappa shape index (κ3) is 3.77. The van der Waals surface area contributed by atoms with E-state index in [0.717, 1.165) is 37.1 Å². The Morgan fingerprint density at radius 3 is 2.48 bits per heavy atom. The highest BCUT2D eigenvalue weighted by Crippen LogP contribution is 2.33. The molecule has 2 aliphatic rings. The first kappa shape index (κ1) is 14.9. The SMILES string of the molecule is CCNC(c1ccc(OC2CC2)cc1)C1CCS(=O)(=O)C1. The quantitative estimate of drug-likeness (QED) is 0.876. The Labute approximate surface area is 126 Å². The van der Waals surface area contributed by atoms with Gasteiger partial charge in [-0.15, -0.1) is 0 Å². The summed E-state index contributed by atoms with van der Waals surface area (Å²) in [7, 11) is -2.85. The van der Waals surface area contributed by atoms with Crippen molar-refractivity contribution in [2.75, 3.05) is 18.1 Å². The van der Waals surface area contributed by atoms with Crippen LogP contribution in [0.3, 0.4) is 0 Å². The van der Waals surface area contributed by atoms with Crippen LogP contribution >= 0.6 is 0 Å². The number of benzene rings is 1. The molecule has 21 heavy (non-hydrogen) atoms. The molecule has 0 bridgehead atoms. The van der Waals surface area contributed by atoms with Crippen molar-refractivity contribution in [3.05, 3.63) is 29.8 Å². The van der Waals surface area contributed by atoms with Gasteiger partial charge in [-0.2, -0.15) is 0 Å². The highest BCUT2D eigenvalue weighted by atomic mass is 32.2. The first-order chi connectivity index (χ1) is 10.1. The van der Waals surface area contributed by atoms with Crippen molar-refractivity contribution in [3.63, 3.8) is 0 Å². The molecule has 116 valence electrons. The molecule has 1 aromatic carbocycles. The topological polar surface area (TPSA) is 55.4 Å². The zero-order valence-corrected chi connectivity index (χ0v) is 13.2. The average molecular weight is 309 g/mol. The van der Waals surface area contributed by atoms with E-state index in [1.54, 1.807) is 0 Å². The summed E-state index contributed by atoms with van der Waals surface area (Å²) in [6.07, 6.45) is 3.46. The minimum Gasteiger partial charge on any atom is -0.490 e. The molecule has 1 saturated heterocycles. The number of hydrogen-bond acceptors (Lipinski definition) is 4. The maximum absolute atomic E-state index is 11.7. The Morgan fingerprint density at radius 2 is 1.95 bits per heavy atom. The van der Waals surface area contributed by atoms with Crippen molar-refractivity contribution in [3.8, 4) is 5.75 Å². The Hall–Kier alpha value is -1.07. The molecule has 0 spiro atoms. The lowest BCUT2D eigenvalue weighted by Crippen LogP contribution is -2.29. The second kappa shape index (κ2) is 5.97. The molecule has 1 aliphatic carbocycles. The van der Waals surface area contributed by atoms with Crippen molar-refractivity contribution >= 4 is 9.84 Å². The molecule has 1 N–H and O–H groups in total. The van der Waals surface area contributed by atoms with Crippen molar-refractivity contribution < 1.29 is 13.2 Å². The molecule has 2 unspecified atom stereocenters. The van der Waals surface area contributed by atoms with Gasteiger partial charge in [0.15, 0.2) is 9.84 Å². The van der Waals surface area contributed by atoms with E-state index < -0.39 is 9.84 Å². The normalized spacial score (nSPS) is 25.7. The van der Waals surface area contributed by atoms with Crippen molar-refractivity contribution in [2.24, 2.45) is 5.92 Å². The molecular weight excluding hydrogens is 286 g/mol. The van der Waals surface area contributed by atoms with Gasteiger partial charge >= 0.3 is 0 Å². The molecule has 0 amide bonds. The van der Waals surface area contributed by atoms with Crippen LogP contribution in [0.4, 0.5) is 0 Å². The second-order valence-corrected chi connectivity index (χ2v) is 8.31. The third-order valence-corrected chi connectivity index (χ3v) is 6.02. The predicted molar refractivity (Wildman–Crippen MR) is 83.3 cm³/mol. The second-order valence-electron chi connectivity index (χ2n) is 6.08. The van der Waals surface area contributed by atoms with Crippen molar-refractivity contribution in [1.29, 1.82) is 0 Å². The van der Waals surface area contributed by atoms with Crippen LogP contribution in [0.25, 0.3) is 0 Å². The molecule has 1 aromatic rings. The van der Waals surface area contributed by atoms with Gasteiger partial charge in [-0.1, -0.05) is 19.1 Å². The Bertz CT molecular complexity index is 578. The molecule has 0 radical (unpaired) electrons. The van der Waals surface area contributed by atoms with Gasteiger partial charge in [0.1, 0.15) is 5.75 Å². The summed E-state index contributed by atoms with van der Waals surface area (Å²) in [5.41, 5.74) is 1.15. The van der Waals surface area contributed by atoms with E-state index in [1.165, 1.54) is 0 Å². The zero-order chi connectivity index (χ0) is 14.9. The molecule has 3 rings (SSSR count). The molecule has 2 fully saturated rings. The maximum Gasteiger partial charge on any atom is 0.150 e. The van der Waals surface area contributed by atoms with Gasteiger partial charge in [-0.3, -0.25) is 0 Å². The van der Waals surface area contributed by atoms with Gasteiger partial charge in [-0.05, 0) is 49.4 Å². The fourth-order valence-corrected chi connectivity index (χ4v) is 4.84. The number of sulfone groups is 1. The molecule has 2 atom stereocenters. The Kier molecular flexibility index (Phi) is 4.22. The minimum atomic E-state index is -2.85. The van der Waals surface area contributed by atoms with Crippen LogP contribution < -0.4 is 10.1 Å². The smallest absolute Gasteiger partial charge is 0.150 e. The molecule has 5 heteroatoms. The lowest BCUT2D eigenvalue weighted by molar-refractivity contribution is 0.303. The van der Waals surface area contributed by atoms with Crippen LogP contribution in [-0.2, 0) is 9.84 Å². The number of ether oxygens (including phenoxy) is 1. The number of hydrogen-bond donors (Lipinski definition) is 1. The summed E-state index contributed by atoms with van der Waals surface area (Å²) in [5.74, 6) is 1.70. The fourth-order valence-electron chi connectivity index (χ4n) is 3.00. The third-order valence-electron chi connectivity index (χ3n) is 4.23. The molecule has 1 heterocycles. The molecule has 1 saturated carbocycles. The van der Waals surface area contributed by atoms with Gasteiger partial charge in [0.2, 0.25) is 0 Å². The average Bonchev–Trinajstić information content (AvgIpc) is 3.19. The van der Waals surface area contributed by atoms with E-state index in [1.807, 2.05) is 12.1 Å². The summed E-state index contributed by atoms with van der Waals surface area (Å²) in [5, 5.41) is 3.45. The first-order valence-corrected chi connectivity index (χ1v) is 9.60. The van der Waals surface area contributed by atoms with Crippen LogP contribution in [0.5, 0.6) is 5.75 Å². The molecule has 0 aromatic heterocycles. The Morgan fingerprint density at radius 1 is 1.24 bits per heavy atom. The summed E-state index contributed by atoms with van der Waals surface area (Å²) >= 11 is 0. The molecule has 1 aliphatic heterocycles. The van der Waals surface area contributed by atoms with Gasteiger partial charge in [0.05, 0.1) is 17.6 Å². The van der Waals surface area contributed by atoms with E-state index in [0.29, 0.717) is 17.6 Å². The lowest BCUT2D eigenvalue weighted by Gasteiger charge is -2.24. The van der Waals surface area contributed by atoms with Gasteiger partial charge in [0, 0.05) is 6.04 Å². The summed E-state index contributed by atoms with van der Waals surface area (Å²) < 4.78 is 29.2.